The van der Waals surface area contributed by atoms with Gasteiger partial charge in [0.1, 0.15) is 0 Å². The Labute approximate surface area is 122 Å². The summed E-state index contributed by atoms with van der Waals surface area (Å²) >= 11 is 1.24. The monoisotopic (exact) mass is 308 g/mol. The lowest BCUT2D eigenvalue weighted by atomic mass is 10.2. The molecule has 0 aromatic heterocycles. The minimum Gasteiger partial charge on any atom is -0.258 e. The molecule has 2 aromatic rings. The van der Waals surface area contributed by atoms with Crippen molar-refractivity contribution in [3.8, 4) is 0 Å². The third-order valence-corrected chi connectivity index (χ3v) is 3.76. The molecular formula is C13H9FN2O4S. The maximum absolute atomic E-state index is 13.9. The van der Waals surface area contributed by atoms with Gasteiger partial charge in [0.15, 0.2) is 0 Å². The van der Waals surface area contributed by atoms with Crippen molar-refractivity contribution in [3.05, 3.63) is 74.1 Å². The number of hydrogen-bond acceptors (Lipinski definition) is 5. The first-order valence-corrected chi connectivity index (χ1v) is 6.76. The zero-order chi connectivity index (χ0) is 15.4. The summed E-state index contributed by atoms with van der Waals surface area (Å²) in [4.78, 5) is 20.6. The molecule has 0 heterocycles. The average Bonchev–Trinajstić information content (AvgIpc) is 2.46. The van der Waals surface area contributed by atoms with E-state index in [1.807, 2.05) is 0 Å². The first-order valence-electron chi connectivity index (χ1n) is 5.78. The number of thioether (sulfide) groups is 1. The fraction of sp³-hybridized carbons (Fsp3) is 0.0769. The van der Waals surface area contributed by atoms with E-state index in [-0.39, 0.29) is 17.0 Å². The molecule has 0 aliphatic rings. The van der Waals surface area contributed by atoms with Gasteiger partial charge in [-0.15, -0.1) is 11.8 Å². The number of nitro groups is 2. The van der Waals surface area contributed by atoms with Crippen LogP contribution in [0, 0.1) is 26.0 Å². The van der Waals surface area contributed by atoms with E-state index in [9.17, 15) is 24.6 Å². The van der Waals surface area contributed by atoms with Crippen molar-refractivity contribution in [1.82, 2.24) is 0 Å². The molecule has 0 aliphatic heterocycles. The Hall–Kier alpha value is -2.48. The van der Waals surface area contributed by atoms with E-state index >= 15 is 0 Å². The second-order valence-corrected chi connectivity index (χ2v) is 5.10. The minimum atomic E-state index is -0.850. The highest BCUT2D eigenvalue weighted by Gasteiger charge is 2.17. The number of rotatable bonds is 5. The van der Waals surface area contributed by atoms with Crippen LogP contribution in [0.5, 0.6) is 0 Å². The highest BCUT2D eigenvalue weighted by Crippen LogP contribution is 2.28. The minimum absolute atomic E-state index is 0.0270. The van der Waals surface area contributed by atoms with Crippen LogP contribution in [-0.2, 0) is 5.75 Å². The Kier molecular flexibility index (Phi) is 4.49. The van der Waals surface area contributed by atoms with Gasteiger partial charge in [0.05, 0.1) is 9.85 Å². The van der Waals surface area contributed by atoms with Crippen molar-refractivity contribution < 1.29 is 14.2 Å². The van der Waals surface area contributed by atoms with Crippen LogP contribution in [0.25, 0.3) is 0 Å². The Morgan fingerprint density at radius 3 is 2.24 bits per heavy atom. The second kappa shape index (κ2) is 6.31. The van der Waals surface area contributed by atoms with Crippen LogP contribution in [0.1, 0.15) is 5.56 Å². The van der Waals surface area contributed by atoms with Gasteiger partial charge in [-0.2, -0.15) is 4.39 Å². The van der Waals surface area contributed by atoms with Gasteiger partial charge in [0.25, 0.3) is 5.69 Å². The number of hydrogen-bond donors (Lipinski definition) is 0. The van der Waals surface area contributed by atoms with E-state index in [0.29, 0.717) is 4.90 Å². The van der Waals surface area contributed by atoms with Crippen LogP contribution >= 0.6 is 11.8 Å². The Balaban J connectivity index is 2.11. The van der Waals surface area contributed by atoms with Crippen LogP contribution in [0.4, 0.5) is 15.8 Å². The van der Waals surface area contributed by atoms with Gasteiger partial charge in [-0.3, -0.25) is 20.2 Å². The van der Waals surface area contributed by atoms with E-state index < -0.39 is 21.4 Å². The smallest absolute Gasteiger partial charge is 0.258 e. The van der Waals surface area contributed by atoms with Crippen molar-refractivity contribution in [2.45, 2.75) is 10.6 Å². The van der Waals surface area contributed by atoms with Gasteiger partial charge >= 0.3 is 5.69 Å². The molecule has 21 heavy (non-hydrogen) atoms. The van der Waals surface area contributed by atoms with Gasteiger partial charge in [-0.25, -0.2) is 0 Å². The molecular weight excluding hydrogens is 299 g/mol. The molecule has 0 unspecified atom stereocenters. The molecule has 2 aromatic carbocycles. The summed E-state index contributed by atoms with van der Waals surface area (Å²) in [5.41, 5.74) is -0.370. The molecule has 0 saturated heterocycles. The zero-order valence-electron chi connectivity index (χ0n) is 10.6. The molecule has 8 heteroatoms. The summed E-state index contributed by atoms with van der Waals surface area (Å²) in [6.07, 6.45) is 0. The first-order chi connectivity index (χ1) is 9.99. The fourth-order valence-electron chi connectivity index (χ4n) is 1.64. The Bertz CT molecular complexity index is 691. The highest BCUT2D eigenvalue weighted by atomic mass is 32.2. The van der Waals surface area contributed by atoms with Crippen LogP contribution in [0.2, 0.25) is 0 Å². The number of nitro benzene ring substituents is 2. The summed E-state index contributed by atoms with van der Waals surface area (Å²) in [7, 11) is 0. The molecule has 0 atom stereocenters. The van der Waals surface area contributed by atoms with Crippen molar-refractivity contribution in [1.29, 1.82) is 0 Å². The third kappa shape index (κ3) is 3.54. The van der Waals surface area contributed by atoms with Gasteiger partial charge in [0.2, 0.25) is 5.82 Å². The van der Waals surface area contributed by atoms with Crippen LogP contribution in [0.3, 0.4) is 0 Å². The normalized spacial score (nSPS) is 10.3. The second-order valence-electron chi connectivity index (χ2n) is 4.05. The highest BCUT2D eigenvalue weighted by molar-refractivity contribution is 7.98. The van der Waals surface area contributed by atoms with Crippen molar-refractivity contribution >= 4 is 23.1 Å². The number of benzene rings is 2. The van der Waals surface area contributed by atoms with Crippen molar-refractivity contribution in [2.75, 3.05) is 0 Å². The van der Waals surface area contributed by atoms with Gasteiger partial charge in [-0.05, 0) is 12.1 Å². The molecule has 0 fully saturated rings. The lowest BCUT2D eigenvalue weighted by Gasteiger charge is -2.04. The topological polar surface area (TPSA) is 86.3 Å². The molecule has 0 amide bonds. The maximum atomic E-state index is 13.9. The molecule has 0 bridgehead atoms. The molecule has 6 nitrogen and oxygen atoms in total. The Morgan fingerprint density at radius 1 is 1.00 bits per heavy atom. The zero-order valence-corrected chi connectivity index (χ0v) is 11.4. The summed E-state index contributed by atoms with van der Waals surface area (Å²) in [6.45, 7) is 0. The van der Waals surface area contributed by atoms with Crippen LogP contribution in [-0.4, -0.2) is 9.85 Å². The van der Waals surface area contributed by atoms with Gasteiger partial charge < -0.3 is 0 Å². The van der Waals surface area contributed by atoms with Crippen LogP contribution in [0.15, 0.2) is 47.4 Å². The average molecular weight is 308 g/mol. The third-order valence-electron chi connectivity index (χ3n) is 2.70. The predicted octanol–water partition coefficient (Wildman–Crippen LogP) is 3.93. The van der Waals surface area contributed by atoms with Crippen LogP contribution < -0.4 is 0 Å². The lowest BCUT2D eigenvalue weighted by Crippen LogP contribution is -1.96. The lowest BCUT2D eigenvalue weighted by molar-refractivity contribution is -0.387. The number of non-ortho nitro benzene ring substituents is 1. The van der Waals surface area contributed by atoms with Crippen molar-refractivity contribution in [2.24, 2.45) is 0 Å². The standard InChI is InChI=1S/C13H9FN2O4S/c14-13-9(2-1-3-12(13)16(19)20)8-21-11-6-4-10(5-7-11)15(17)18/h1-7H,8H2. The summed E-state index contributed by atoms with van der Waals surface area (Å²) < 4.78 is 13.9. The van der Waals surface area contributed by atoms with E-state index in [1.165, 1.54) is 36.0 Å². The molecule has 0 N–H and O–H groups in total. The van der Waals surface area contributed by atoms with E-state index in [0.717, 1.165) is 6.07 Å². The largest absolute Gasteiger partial charge is 0.305 e. The number of nitrogens with zero attached hydrogens (tertiary/aromatic N) is 2. The fourth-order valence-corrected chi connectivity index (χ4v) is 2.52. The van der Waals surface area contributed by atoms with E-state index in [1.54, 1.807) is 12.1 Å². The Morgan fingerprint density at radius 2 is 1.67 bits per heavy atom. The molecule has 0 radical (unpaired) electrons. The SMILES string of the molecule is O=[N+]([O-])c1ccc(SCc2cccc([N+](=O)[O-])c2F)cc1. The van der Waals surface area contributed by atoms with Crippen molar-refractivity contribution in [3.63, 3.8) is 0 Å². The molecule has 0 aliphatic carbocycles. The quantitative estimate of drug-likeness (QED) is 0.474. The predicted molar refractivity (Wildman–Crippen MR) is 75.7 cm³/mol. The van der Waals surface area contributed by atoms with Gasteiger partial charge in [-0.1, -0.05) is 12.1 Å². The maximum Gasteiger partial charge on any atom is 0.305 e. The molecule has 108 valence electrons. The van der Waals surface area contributed by atoms with Gasteiger partial charge in [0, 0.05) is 34.4 Å². The molecule has 0 spiro atoms. The van der Waals surface area contributed by atoms with E-state index in [2.05, 4.69) is 0 Å². The summed E-state index contributed by atoms with van der Waals surface area (Å²) in [6, 6.07) is 9.82. The molecule has 2 rings (SSSR count). The first kappa shape index (κ1) is 14.9. The van der Waals surface area contributed by atoms with E-state index in [4.69, 9.17) is 0 Å². The summed E-state index contributed by atoms with van der Waals surface area (Å²) in [5.74, 6) is -0.650. The number of halogens is 1. The summed E-state index contributed by atoms with van der Waals surface area (Å²) in [5, 5.41) is 21.2. The molecule has 0 saturated carbocycles.